The van der Waals surface area contributed by atoms with Crippen molar-refractivity contribution in [2.24, 2.45) is 0 Å². The Morgan fingerprint density at radius 2 is 0.679 bits per heavy atom. The van der Waals surface area contributed by atoms with Gasteiger partial charge in [-0.1, -0.05) is 297 Å². The van der Waals surface area contributed by atoms with Crippen molar-refractivity contribution in [2.45, 2.75) is 315 Å². The largest absolute Gasteiger partial charge is 0.756 e. The number of allylic oxidation sites excluding steroid dienone is 16. The molecule has 0 heterocycles. The summed E-state index contributed by atoms with van der Waals surface area (Å²) in [5, 5.41) is 0. The molecule has 0 aliphatic carbocycles. The van der Waals surface area contributed by atoms with Crippen LogP contribution >= 0.6 is 7.82 Å². The molecular formula is C74H132NO8P. The monoisotopic (exact) mass is 1190 g/mol. The number of ether oxygens (including phenoxy) is 2. The van der Waals surface area contributed by atoms with Gasteiger partial charge < -0.3 is 27.9 Å². The SMILES string of the molecule is CC/C=C\C/C=C\C/C=C\C/C=C\C/C=C\C/C=C\C/C=C\CCCCCCCCCCCCCCCC(=O)OC(COC(=O)CCCCCCCCCCCCCCC/C=C\CCCCCCCCCC)COP(=O)([O-])OCC[N+](C)(C)C. The van der Waals surface area contributed by atoms with E-state index in [4.69, 9.17) is 18.5 Å². The number of esters is 2. The van der Waals surface area contributed by atoms with Crippen LogP contribution in [0.25, 0.3) is 0 Å². The van der Waals surface area contributed by atoms with Gasteiger partial charge in [0.25, 0.3) is 7.82 Å². The summed E-state index contributed by atoms with van der Waals surface area (Å²) in [4.78, 5) is 38.1. The number of carbonyl (C=O) groups is 2. The van der Waals surface area contributed by atoms with Crippen LogP contribution in [0.1, 0.15) is 309 Å². The molecule has 0 radical (unpaired) electrons. The molecule has 0 aliphatic heterocycles. The predicted octanol–water partition coefficient (Wildman–Crippen LogP) is 22.1. The van der Waals surface area contributed by atoms with Gasteiger partial charge in [0, 0.05) is 12.8 Å². The van der Waals surface area contributed by atoms with Crippen molar-refractivity contribution >= 4 is 19.8 Å². The third-order valence-corrected chi connectivity index (χ3v) is 16.1. The van der Waals surface area contributed by atoms with Crippen molar-refractivity contribution in [1.82, 2.24) is 0 Å². The number of phosphoric ester groups is 1. The Bertz CT molecular complexity index is 1740. The highest BCUT2D eigenvalue weighted by molar-refractivity contribution is 7.45. The lowest BCUT2D eigenvalue weighted by atomic mass is 10.0. The van der Waals surface area contributed by atoms with Gasteiger partial charge in [0.05, 0.1) is 27.7 Å². The minimum atomic E-state index is -4.65. The molecule has 0 aromatic heterocycles. The maximum atomic E-state index is 12.9. The zero-order valence-electron chi connectivity index (χ0n) is 55.3. The van der Waals surface area contributed by atoms with Crippen molar-refractivity contribution in [3.8, 4) is 0 Å². The second-order valence-electron chi connectivity index (χ2n) is 24.5. The average Bonchev–Trinajstić information content (AvgIpc) is 3.61. The Balaban J connectivity index is 4.06. The number of likely N-dealkylation sites (N-methyl/N-ethyl adjacent to an activating group) is 1. The molecule has 0 N–H and O–H groups in total. The van der Waals surface area contributed by atoms with Gasteiger partial charge in [0.15, 0.2) is 6.10 Å². The first-order valence-corrected chi connectivity index (χ1v) is 36.4. The second kappa shape index (κ2) is 64.4. The fraction of sp³-hybridized carbons (Fsp3) is 0.757. The van der Waals surface area contributed by atoms with Gasteiger partial charge in [-0.2, -0.15) is 0 Å². The van der Waals surface area contributed by atoms with E-state index in [-0.39, 0.29) is 32.0 Å². The number of hydrogen-bond acceptors (Lipinski definition) is 8. The summed E-state index contributed by atoms with van der Waals surface area (Å²) >= 11 is 0. The van der Waals surface area contributed by atoms with Crippen LogP contribution in [0, 0.1) is 0 Å². The summed E-state index contributed by atoms with van der Waals surface area (Å²) in [6.45, 7) is 4.16. The van der Waals surface area contributed by atoms with Crippen LogP contribution in [0.2, 0.25) is 0 Å². The molecule has 0 saturated heterocycles. The molecule has 0 fully saturated rings. The number of carbonyl (C=O) groups excluding carboxylic acids is 2. The van der Waals surface area contributed by atoms with Crippen molar-refractivity contribution in [1.29, 1.82) is 0 Å². The molecular weight excluding hydrogens is 1060 g/mol. The highest BCUT2D eigenvalue weighted by Gasteiger charge is 2.22. The molecule has 0 aromatic rings. The van der Waals surface area contributed by atoms with E-state index in [0.717, 1.165) is 83.5 Å². The van der Waals surface area contributed by atoms with Gasteiger partial charge in [0.2, 0.25) is 0 Å². The maximum absolute atomic E-state index is 12.9. The fourth-order valence-corrected chi connectivity index (χ4v) is 10.5. The standard InChI is InChI=1S/C74H132NO8P/c1-6-8-10-12-14-16-18-20-22-24-26-28-30-32-33-34-35-36-37-38-39-40-41-43-45-47-49-51-53-55-57-59-61-63-65-67-74(77)83-72(71-82-84(78,79)81-69-68-75(3,4)5)70-80-73(76)66-64-62-60-58-56-54-52-50-48-46-44-42-31-29-27-25-23-21-19-17-15-13-11-9-7-2/h8,10,14,16,20,22,25-28,32-33,35-36,38-39,72H,6-7,9,11-13,15,17-19,21,23-24,29-31,34,37,40-71H2,1-5H3/b10-8-,16-14-,22-20-,27-25-,28-26-,33-32-,36-35-,39-38-. The molecule has 0 aliphatic rings. The molecule has 0 saturated carbocycles. The van der Waals surface area contributed by atoms with Crippen molar-refractivity contribution < 1.29 is 42.1 Å². The smallest absolute Gasteiger partial charge is 0.306 e. The van der Waals surface area contributed by atoms with Gasteiger partial charge in [-0.3, -0.25) is 14.2 Å². The summed E-state index contributed by atoms with van der Waals surface area (Å²) in [5.41, 5.74) is 0. The van der Waals surface area contributed by atoms with Gasteiger partial charge in [-0.05, 0) is 96.3 Å². The third-order valence-electron chi connectivity index (χ3n) is 15.1. The van der Waals surface area contributed by atoms with Crippen LogP contribution in [0.5, 0.6) is 0 Å². The van der Waals surface area contributed by atoms with E-state index in [1.165, 1.54) is 193 Å². The van der Waals surface area contributed by atoms with Crippen LogP contribution in [0.3, 0.4) is 0 Å². The number of unbranched alkanes of at least 4 members (excludes halogenated alkanes) is 34. The first-order chi connectivity index (χ1) is 41.0. The lowest BCUT2D eigenvalue weighted by Gasteiger charge is -2.28. The van der Waals surface area contributed by atoms with Gasteiger partial charge >= 0.3 is 11.9 Å². The number of quaternary nitrogens is 1. The van der Waals surface area contributed by atoms with Crippen molar-refractivity contribution in [3.63, 3.8) is 0 Å². The lowest BCUT2D eigenvalue weighted by molar-refractivity contribution is -0.870. The minimum absolute atomic E-state index is 0.0332. The van der Waals surface area contributed by atoms with Crippen LogP contribution in [0.4, 0.5) is 0 Å². The molecule has 2 atom stereocenters. The first-order valence-electron chi connectivity index (χ1n) is 34.9. The topological polar surface area (TPSA) is 111 Å². The highest BCUT2D eigenvalue weighted by atomic mass is 31.2. The summed E-state index contributed by atoms with van der Waals surface area (Å²) in [5.74, 6) is -0.827. The molecule has 0 amide bonds. The Morgan fingerprint density at radius 3 is 1.02 bits per heavy atom. The summed E-state index contributed by atoms with van der Waals surface area (Å²) in [6.07, 6.45) is 89.1. The molecule has 486 valence electrons. The highest BCUT2D eigenvalue weighted by Crippen LogP contribution is 2.38. The Morgan fingerprint density at radius 1 is 0.381 bits per heavy atom. The number of rotatable bonds is 64. The van der Waals surface area contributed by atoms with Crippen molar-refractivity contribution in [2.75, 3.05) is 47.5 Å². The van der Waals surface area contributed by atoms with Crippen LogP contribution in [0.15, 0.2) is 97.2 Å². The molecule has 10 heteroatoms. The summed E-state index contributed by atoms with van der Waals surface area (Å²) in [7, 11) is 1.17. The van der Waals surface area contributed by atoms with E-state index < -0.39 is 26.5 Å². The van der Waals surface area contributed by atoms with E-state index in [0.29, 0.717) is 17.4 Å². The number of nitrogens with zero attached hydrogens (tertiary/aromatic N) is 1. The van der Waals surface area contributed by atoms with Crippen LogP contribution in [-0.4, -0.2) is 70.0 Å². The van der Waals surface area contributed by atoms with Gasteiger partial charge in [-0.15, -0.1) is 0 Å². The molecule has 0 rings (SSSR count). The molecule has 0 bridgehead atoms. The summed E-state index contributed by atoms with van der Waals surface area (Å²) < 4.78 is 34.3. The Kier molecular flexibility index (Phi) is 62.1. The van der Waals surface area contributed by atoms with E-state index >= 15 is 0 Å². The quantitative estimate of drug-likeness (QED) is 0.0195. The number of hydrogen-bond donors (Lipinski definition) is 0. The molecule has 0 spiro atoms. The van der Waals surface area contributed by atoms with E-state index in [1.807, 2.05) is 21.1 Å². The zero-order chi connectivity index (χ0) is 61.2. The molecule has 9 nitrogen and oxygen atoms in total. The van der Waals surface area contributed by atoms with Crippen LogP contribution in [-0.2, 0) is 32.7 Å². The van der Waals surface area contributed by atoms with Crippen molar-refractivity contribution in [3.05, 3.63) is 97.2 Å². The molecule has 2 unspecified atom stereocenters. The van der Waals surface area contributed by atoms with Crippen LogP contribution < -0.4 is 4.89 Å². The minimum Gasteiger partial charge on any atom is -0.756 e. The normalized spacial score (nSPS) is 13.7. The number of phosphoric acid groups is 1. The van der Waals surface area contributed by atoms with E-state index in [1.54, 1.807) is 0 Å². The Labute approximate surface area is 519 Å². The Hall–Kier alpha value is -3.07. The van der Waals surface area contributed by atoms with Gasteiger partial charge in [-0.25, -0.2) is 0 Å². The lowest BCUT2D eigenvalue weighted by Crippen LogP contribution is -2.37. The van der Waals surface area contributed by atoms with Gasteiger partial charge in [0.1, 0.15) is 19.8 Å². The van der Waals surface area contributed by atoms with E-state index in [2.05, 4.69) is 111 Å². The molecule has 84 heavy (non-hydrogen) atoms. The zero-order valence-corrected chi connectivity index (χ0v) is 56.2. The second-order valence-corrected chi connectivity index (χ2v) is 25.9. The third kappa shape index (κ3) is 68.0. The fourth-order valence-electron chi connectivity index (χ4n) is 9.75. The molecule has 0 aromatic carbocycles. The summed E-state index contributed by atoms with van der Waals surface area (Å²) in [6, 6.07) is 0. The first kappa shape index (κ1) is 80.9. The predicted molar refractivity (Wildman–Crippen MR) is 360 cm³/mol. The average molecular weight is 1190 g/mol. The van der Waals surface area contributed by atoms with E-state index in [9.17, 15) is 19.0 Å². The maximum Gasteiger partial charge on any atom is 0.306 e.